The molecule has 0 bridgehead atoms. The molecule has 3 N–H and O–H groups in total. The van der Waals surface area contributed by atoms with Gasteiger partial charge in [0.25, 0.3) is 0 Å². The number of aliphatic imine (C=N–C) groups is 1. The molecule has 0 aromatic carbocycles. The van der Waals surface area contributed by atoms with Crippen LogP contribution in [0.1, 0.15) is 19.3 Å². The molecule has 0 unspecified atom stereocenters. The molecule has 88 valence electrons. The van der Waals surface area contributed by atoms with Gasteiger partial charge >= 0.3 is 0 Å². The average Bonchev–Trinajstić information content (AvgIpc) is 2.16. The number of primary amides is 1. The lowest BCUT2D eigenvalue weighted by Crippen LogP contribution is -2.48. The van der Waals surface area contributed by atoms with Crippen molar-refractivity contribution in [1.29, 1.82) is 5.41 Å². The Kier molecular flexibility index (Phi) is 4.37. The topological polar surface area (TPSA) is 88.5 Å². The Bertz CT molecular complexity index is 330. The summed E-state index contributed by atoms with van der Waals surface area (Å²) in [6.45, 7) is -0.127. The maximum Gasteiger partial charge on any atom is 0.243 e. The summed E-state index contributed by atoms with van der Waals surface area (Å²) < 4.78 is 5.42. The summed E-state index contributed by atoms with van der Waals surface area (Å²) in [5.41, 5.74) is 4.80. The highest BCUT2D eigenvalue weighted by atomic mass is 16.5. The van der Waals surface area contributed by atoms with Crippen LogP contribution in [0.4, 0.5) is 0 Å². The second-order valence-electron chi connectivity index (χ2n) is 3.78. The quantitative estimate of drug-likeness (QED) is 0.649. The molecule has 0 saturated heterocycles. The molecule has 1 saturated carbocycles. The number of hydrogen-bond donors (Lipinski definition) is 2. The predicted molar refractivity (Wildman–Crippen MR) is 63.0 cm³/mol. The second kappa shape index (κ2) is 5.55. The number of hydrogen-bond acceptors (Lipinski definition) is 4. The molecule has 0 aliphatic heterocycles. The van der Waals surface area contributed by atoms with Crippen LogP contribution in [0.15, 0.2) is 17.1 Å². The zero-order valence-electron chi connectivity index (χ0n) is 9.40. The summed E-state index contributed by atoms with van der Waals surface area (Å²) in [6.07, 6.45) is 7.49. The van der Waals surface area contributed by atoms with Crippen LogP contribution >= 0.6 is 0 Å². The maximum atomic E-state index is 10.7. The number of carbonyl (C=O) groups excluding carboxylic acids is 1. The summed E-state index contributed by atoms with van der Waals surface area (Å²) in [7, 11) is 1.66. The van der Waals surface area contributed by atoms with Gasteiger partial charge < -0.3 is 15.9 Å². The van der Waals surface area contributed by atoms with Crippen molar-refractivity contribution in [1.82, 2.24) is 0 Å². The predicted octanol–water partition coefficient (Wildman–Crippen LogP) is 0.688. The lowest BCUT2D eigenvalue weighted by molar-refractivity contribution is -0.130. The normalized spacial score (nSPS) is 18.8. The first-order valence-corrected chi connectivity index (χ1v) is 5.21. The highest BCUT2D eigenvalue weighted by molar-refractivity contribution is 6.02. The fourth-order valence-electron chi connectivity index (χ4n) is 1.58. The van der Waals surface area contributed by atoms with Gasteiger partial charge in [-0.15, -0.1) is 0 Å². The molecule has 1 aliphatic carbocycles. The fraction of sp³-hybridized carbons (Fsp3) is 0.545. The van der Waals surface area contributed by atoms with Gasteiger partial charge in [0.2, 0.25) is 5.91 Å². The van der Waals surface area contributed by atoms with Crippen molar-refractivity contribution in [2.75, 3.05) is 13.7 Å². The lowest BCUT2D eigenvalue weighted by Gasteiger charge is -2.40. The standard InChI is InChI=1S/C11H17N3O2/c1-14-7-2-4-9(12)11(5-3-6-11)16-8-10(13)15/h2,4,7,12H,3,5-6,8H2,1H3,(H2,13,15)/b4-2-,12-9?,14-7?. The monoisotopic (exact) mass is 223 g/mol. The van der Waals surface area contributed by atoms with Crippen LogP contribution in [0.25, 0.3) is 0 Å². The first kappa shape index (κ1) is 12.6. The van der Waals surface area contributed by atoms with Crippen LogP contribution in [0.5, 0.6) is 0 Å². The van der Waals surface area contributed by atoms with E-state index < -0.39 is 11.5 Å². The third kappa shape index (κ3) is 3.00. The number of carbonyl (C=O) groups is 1. The van der Waals surface area contributed by atoms with Crippen molar-refractivity contribution in [3.05, 3.63) is 12.2 Å². The summed E-state index contributed by atoms with van der Waals surface area (Å²) >= 11 is 0. The van der Waals surface area contributed by atoms with E-state index >= 15 is 0 Å². The first-order valence-electron chi connectivity index (χ1n) is 5.21. The van der Waals surface area contributed by atoms with Crippen molar-refractivity contribution in [2.45, 2.75) is 24.9 Å². The highest BCUT2D eigenvalue weighted by Gasteiger charge is 2.41. The number of allylic oxidation sites excluding steroid dienone is 1. The van der Waals surface area contributed by atoms with Gasteiger partial charge in [0.1, 0.15) is 12.2 Å². The Morgan fingerprint density at radius 2 is 2.31 bits per heavy atom. The van der Waals surface area contributed by atoms with E-state index in [1.807, 2.05) is 0 Å². The number of nitrogens with zero attached hydrogens (tertiary/aromatic N) is 1. The minimum absolute atomic E-state index is 0.127. The number of amides is 1. The van der Waals surface area contributed by atoms with Gasteiger partial charge in [-0.2, -0.15) is 0 Å². The van der Waals surface area contributed by atoms with E-state index in [1.165, 1.54) is 0 Å². The summed E-state index contributed by atoms with van der Waals surface area (Å²) in [4.78, 5) is 14.4. The molecule has 16 heavy (non-hydrogen) atoms. The van der Waals surface area contributed by atoms with E-state index in [2.05, 4.69) is 4.99 Å². The summed E-state index contributed by atoms with van der Waals surface area (Å²) in [5.74, 6) is -0.502. The van der Waals surface area contributed by atoms with Gasteiger partial charge in [-0.1, -0.05) is 0 Å². The molecule has 0 spiro atoms. The Balaban J connectivity index is 2.58. The van der Waals surface area contributed by atoms with Gasteiger partial charge in [0.05, 0.1) is 5.71 Å². The zero-order valence-corrected chi connectivity index (χ0v) is 9.40. The fourth-order valence-corrected chi connectivity index (χ4v) is 1.58. The minimum atomic E-state index is -0.604. The molecule has 0 heterocycles. The molecule has 0 atom stereocenters. The number of nitrogens with two attached hydrogens (primary N) is 1. The van der Waals surface area contributed by atoms with E-state index in [0.29, 0.717) is 5.71 Å². The van der Waals surface area contributed by atoms with Crippen molar-refractivity contribution >= 4 is 17.8 Å². The van der Waals surface area contributed by atoms with E-state index in [-0.39, 0.29) is 6.61 Å². The van der Waals surface area contributed by atoms with Gasteiger partial charge in [0, 0.05) is 13.3 Å². The van der Waals surface area contributed by atoms with Gasteiger partial charge in [-0.05, 0) is 31.4 Å². The van der Waals surface area contributed by atoms with Crippen LogP contribution in [0, 0.1) is 5.41 Å². The van der Waals surface area contributed by atoms with Gasteiger partial charge in [-0.3, -0.25) is 9.79 Å². The van der Waals surface area contributed by atoms with Gasteiger partial charge in [0.15, 0.2) is 0 Å². The molecule has 0 aromatic heterocycles. The largest absolute Gasteiger partial charge is 0.368 e. The van der Waals surface area contributed by atoms with Crippen LogP contribution in [-0.2, 0) is 9.53 Å². The van der Waals surface area contributed by atoms with E-state index in [1.54, 1.807) is 25.4 Å². The van der Waals surface area contributed by atoms with Crippen LogP contribution < -0.4 is 5.73 Å². The number of ether oxygens (including phenoxy) is 1. The maximum absolute atomic E-state index is 10.7. The number of rotatable bonds is 6. The Labute approximate surface area is 94.9 Å². The molecule has 5 heteroatoms. The smallest absolute Gasteiger partial charge is 0.243 e. The zero-order chi connectivity index (χ0) is 12.0. The van der Waals surface area contributed by atoms with Crippen LogP contribution in [-0.4, -0.2) is 37.1 Å². The Morgan fingerprint density at radius 3 is 2.75 bits per heavy atom. The number of nitrogens with one attached hydrogen (secondary N) is 1. The van der Waals surface area contributed by atoms with E-state index in [0.717, 1.165) is 19.3 Å². The Hall–Kier alpha value is -1.49. The first-order chi connectivity index (χ1) is 7.60. The Morgan fingerprint density at radius 1 is 1.62 bits per heavy atom. The third-order valence-electron chi connectivity index (χ3n) is 2.64. The molecule has 0 radical (unpaired) electrons. The second-order valence-corrected chi connectivity index (χ2v) is 3.78. The molecule has 0 aromatic rings. The third-order valence-corrected chi connectivity index (χ3v) is 2.64. The van der Waals surface area contributed by atoms with Gasteiger partial charge in [-0.25, -0.2) is 0 Å². The summed E-state index contributed by atoms with van der Waals surface area (Å²) in [5, 5.41) is 7.89. The van der Waals surface area contributed by atoms with Crippen molar-refractivity contribution in [2.24, 2.45) is 10.7 Å². The van der Waals surface area contributed by atoms with Crippen molar-refractivity contribution in [3.8, 4) is 0 Å². The molecule has 1 amide bonds. The molecule has 1 aliphatic rings. The molecule has 5 nitrogen and oxygen atoms in total. The van der Waals surface area contributed by atoms with Crippen LogP contribution in [0.2, 0.25) is 0 Å². The summed E-state index contributed by atoms with van der Waals surface area (Å²) in [6, 6.07) is 0. The van der Waals surface area contributed by atoms with Crippen molar-refractivity contribution < 1.29 is 9.53 Å². The van der Waals surface area contributed by atoms with E-state index in [4.69, 9.17) is 15.9 Å². The molecular formula is C11H17N3O2. The highest BCUT2D eigenvalue weighted by Crippen LogP contribution is 2.36. The average molecular weight is 223 g/mol. The minimum Gasteiger partial charge on any atom is -0.368 e. The SMILES string of the molecule is CN=C/C=C\C(=N)C1(OCC(N)=O)CCC1. The van der Waals surface area contributed by atoms with Crippen molar-refractivity contribution in [3.63, 3.8) is 0 Å². The molecule has 1 fully saturated rings. The lowest BCUT2D eigenvalue weighted by atomic mass is 9.76. The molecular weight excluding hydrogens is 206 g/mol. The molecule has 1 rings (SSSR count). The van der Waals surface area contributed by atoms with Crippen LogP contribution in [0.3, 0.4) is 0 Å². The van der Waals surface area contributed by atoms with E-state index in [9.17, 15) is 4.79 Å².